The number of nitrogens with one attached hydrogen (secondary N) is 1. The fourth-order valence-corrected chi connectivity index (χ4v) is 5.78. The highest BCUT2D eigenvalue weighted by Crippen LogP contribution is 2.34. The van der Waals surface area contributed by atoms with Crippen LogP contribution in [0.5, 0.6) is 0 Å². The molecular weight excluding hydrogens is 458 g/mol. The molecule has 6 heteroatoms. The second-order valence-electron chi connectivity index (χ2n) is 8.39. The van der Waals surface area contributed by atoms with Crippen LogP contribution in [0.4, 0.5) is 5.13 Å². The molecule has 34 heavy (non-hydrogen) atoms. The first-order valence-electron chi connectivity index (χ1n) is 11.3. The molecule has 3 heterocycles. The number of anilines is 1. The van der Waals surface area contributed by atoms with Gasteiger partial charge in [-0.2, -0.15) is 0 Å². The summed E-state index contributed by atoms with van der Waals surface area (Å²) in [4.78, 5) is 26.6. The summed E-state index contributed by atoms with van der Waals surface area (Å²) >= 11 is 3.22. The molecule has 170 valence electrons. The van der Waals surface area contributed by atoms with Crippen molar-refractivity contribution in [2.24, 2.45) is 0 Å². The van der Waals surface area contributed by atoms with Crippen molar-refractivity contribution in [1.29, 1.82) is 0 Å². The van der Waals surface area contributed by atoms with E-state index < -0.39 is 0 Å². The highest BCUT2D eigenvalue weighted by Gasteiger charge is 2.18. The summed E-state index contributed by atoms with van der Waals surface area (Å²) in [6, 6.07) is 20.3. The molecule has 0 fully saturated rings. The number of para-hydroxylation sites is 1. The number of hydrogen-bond acceptors (Lipinski definition) is 5. The van der Waals surface area contributed by atoms with Gasteiger partial charge in [0, 0.05) is 20.7 Å². The molecule has 0 saturated carbocycles. The summed E-state index contributed by atoms with van der Waals surface area (Å²) < 4.78 is 0. The van der Waals surface area contributed by atoms with Gasteiger partial charge in [-0.1, -0.05) is 42.8 Å². The topological polar surface area (TPSA) is 54.9 Å². The van der Waals surface area contributed by atoms with Gasteiger partial charge in [-0.3, -0.25) is 10.1 Å². The van der Waals surface area contributed by atoms with E-state index in [0.717, 1.165) is 44.0 Å². The minimum Gasteiger partial charge on any atom is -0.298 e. The molecule has 4 nitrogen and oxygen atoms in total. The Kier molecular flexibility index (Phi) is 6.02. The van der Waals surface area contributed by atoms with Gasteiger partial charge >= 0.3 is 0 Å². The minimum atomic E-state index is -0.173. The number of aromatic nitrogens is 2. The molecule has 0 aliphatic heterocycles. The third-order valence-electron chi connectivity index (χ3n) is 5.89. The summed E-state index contributed by atoms with van der Waals surface area (Å²) in [5.41, 5.74) is 6.62. The van der Waals surface area contributed by atoms with E-state index in [9.17, 15) is 4.79 Å². The second kappa shape index (κ2) is 9.12. The Hall–Kier alpha value is -3.35. The molecule has 3 aromatic heterocycles. The van der Waals surface area contributed by atoms with Crippen molar-refractivity contribution in [3.63, 3.8) is 0 Å². The zero-order chi connectivity index (χ0) is 23.8. The molecule has 0 atom stereocenters. The van der Waals surface area contributed by atoms with Crippen molar-refractivity contribution in [1.82, 2.24) is 9.97 Å². The number of thiazole rings is 1. The fraction of sp³-hybridized carbons (Fsp3) is 0.179. The molecular formula is C28H25N3OS2. The Bertz CT molecular complexity index is 1530. The predicted octanol–water partition coefficient (Wildman–Crippen LogP) is 7.83. The van der Waals surface area contributed by atoms with Crippen LogP contribution in [0.25, 0.3) is 32.7 Å². The van der Waals surface area contributed by atoms with Crippen LogP contribution in [0.1, 0.15) is 38.2 Å². The lowest BCUT2D eigenvalue weighted by molar-refractivity contribution is 0.102. The van der Waals surface area contributed by atoms with Crippen molar-refractivity contribution < 1.29 is 4.79 Å². The quantitative estimate of drug-likeness (QED) is 0.277. The number of carbonyl (C=O) groups is 1. The molecule has 0 radical (unpaired) electrons. The van der Waals surface area contributed by atoms with Crippen molar-refractivity contribution in [2.45, 2.75) is 34.1 Å². The molecule has 1 amide bonds. The van der Waals surface area contributed by atoms with Gasteiger partial charge in [0.15, 0.2) is 5.13 Å². The monoisotopic (exact) mass is 483 g/mol. The Morgan fingerprint density at radius 2 is 1.76 bits per heavy atom. The third kappa shape index (κ3) is 4.27. The highest BCUT2D eigenvalue weighted by molar-refractivity contribution is 7.16. The van der Waals surface area contributed by atoms with Crippen molar-refractivity contribution in [2.75, 3.05) is 5.32 Å². The van der Waals surface area contributed by atoms with Crippen molar-refractivity contribution in [3.8, 4) is 21.8 Å². The Labute approximate surface area is 207 Å². The van der Waals surface area contributed by atoms with Crippen LogP contribution in [0.3, 0.4) is 0 Å². The molecule has 0 saturated heterocycles. The van der Waals surface area contributed by atoms with E-state index in [1.165, 1.54) is 27.3 Å². The van der Waals surface area contributed by atoms with Gasteiger partial charge in [-0.25, -0.2) is 9.97 Å². The van der Waals surface area contributed by atoms with Crippen LogP contribution in [0.15, 0.2) is 60.7 Å². The molecule has 0 spiro atoms. The van der Waals surface area contributed by atoms with E-state index in [2.05, 4.69) is 56.4 Å². The number of thiophene rings is 1. The van der Waals surface area contributed by atoms with E-state index >= 15 is 0 Å². The molecule has 1 N–H and O–H groups in total. The SMILES string of the molecule is CCc1ccc(-c2cc(C(=O)Nc3nc(-c4cc(C)ccc4C)c(C)s3)c3ccccc3n2)s1. The van der Waals surface area contributed by atoms with Crippen LogP contribution >= 0.6 is 22.7 Å². The number of rotatable bonds is 5. The number of nitrogens with zero attached hydrogens (tertiary/aromatic N) is 2. The number of amides is 1. The van der Waals surface area contributed by atoms with Crippen molar-refractivity contribution in [3.05, 3.63) is 87.1 Å². The van der Waals surface area contributed by atoms with Gasteiger partial charge in [0.25, 0.3) is 5.91 Å². The highest BCUT2D eigenvalue weighted by atomic mass is 32.1. The first-order valence-corrected chi connectivity index (χ1v) is 12.9. The Balaban J connectivity index is 1.52. The molecule has 5 rings (SSSR count). The first-order chi connectivity index (χ1) is 16.4. The van der Waals surface area contributed by atoms with E-state index in [1.807, 2.05) is 37.3 Å². The molecule has 0 aliphatic carbocycles. The summed E-state index contributed by atoms with van der Waals surface area (Å²) in [5, 5.41) is 4.49. The summed E-state index contributed by atoms with van der Waals surface area (Å²) in [6.07, 6.45) is 0.984. The Morgan fingerprint density at radius 3 is 2.56 bits per heavy atom. The zero-order valence-corrected chi connectivity index (χ0v) is 21.2. The summed E-state index contributed by atoms with van der Waals surface area (Å²) in [5.74, 6) is -0.173. The van der Waals surface area contributed by atoms with Crippen LogP contribution in [-0.4, -0.2) is 15.9 Å². The number of benzene rings is 2. The zero-order valence-electron chi connectivity index (χ0n) is 19.6. The number of pyridine rings is 1. The lowest BCUT2D eigenvalue weighted by atomic mass is 10.0. The van der Waals surface area contributed by atoms with Gasteiger partial charge in [0.1, 0.15) is 0 Å². The smallest absolute Gasteiger partial charge is 0.258 e. The largest absolute Gasteiger partial charge is 0.298 e. The average molecular weight is 484 g/mol. The van der Waals surface area contributed by atoms with E-state index in [1.54, 1.807) is 11.3 Å². The predicted molar refractivity (Wildman–Crippen MR) is 144 cm³/mol. The van der Waals surface area contributed by atoms with E-state index in [4.69, 9.17) is 9.97 Å². The minimum absolute atomic E-state index is 0.173. The van der Waals surface area contributed by atoms with E-state index in [-0.39, 0.29) is 5.91 Å². The second-order valence-corrected chi connectivity index (χ2v) is 10.8. The number of carbonyl (C=O) groups excluding carboxylic acids is 1. The number of hydrogen-bond donors (Lipinski definition) is 1. The van der Waals surface area contributed by atoms with Gasteiger partial charge in [-0.05, 0) is 63.1 Å². The summed E-state index contributed by atoms with van der Waals surface area (Å²) in [7, 11) is 0. The molecule has 2 aromatic carbocycles. The van der Waals surface area contributed by atoms with Gasteiger partial charge < -0.3 is 0 Å². The molecule has 0 aliphatic rings. The molecule has 5 aromatic rings. The lowest BCUT2D eigenvalue weighted by Crippen LogP contribution is -2.13. The van der Waals surface area contributed by atoms with E-state index in [0.29, 0.717) is 10.7 Å². The standard InChI is InChI=1S/C28H25N3OS2/c1-5-19-12-13-25(34-19)24-15-22(20-8-6-7-9-23(20)29-24)27(32)31-28-30-26(18(4)33-28)21-14-16(2)10-11-17(21)3/h6-15H,5H2,1-4H3,(H,30,31,32). The van der Waals surface area contributed by atoms with Gasteiger partial charge in [-0.15, -0.1) is 22.7 Å². The molecule has 0 bridgehead atoms. The maximum Gasteiger partial charge on any atom is 0.258 e. The average Bonchev–Trinajstić information content (AvgIpc) is 3.46. The van der Waals surface area contributed by atoms with Crippen LogP contribution in [0, 0.1) is 20.8 Å². The first kappa shape index (κ1) is 22.4. The van der Waals surface area contributed by atoms with Gasteiger partial charge in [0.2, 0.25) is 0 Å². The maximum atomic E-state index is 13.5. The van der Waals surface area contributed by atoms with Crippen molar-refractivity contribution >= 4 is 44.6 Å². The van der Waals surface area contributed by atoms with Gasteiger partial charge in [0.05, 0.1) is 27.3 Å². The van der Waals surface area contributed by atoms with Crippen LogP contribution in [-0.2, 0) is 6.42 Å². The third-order valence-corrected chi connectivity index (χ3v) is 8.03. The molecule has 0 unspecified atom stereocenters. The fourth-order valence-electron chi connectivity index (χ4n) is 4.05. The lowest BCUT2D eigenvalue weighted by Gasteiger charge is -2.09. The maximum absolute atomic E-state index is 13.5. The van der Waals surface area contributed by atoms with Crippen LogP contribution in [0.2, 0.25) is 0 Å². The normalized spacial score (nSPS) is 11.2. The van der Waals surface area contributed by atoms with Crippen LogP contribution < -0.4 is 5.32 Å². The summed E-state index contributed by atoms with van der Waals surface area (Å²) in [6.45, 7) is 8.36. The number of fused-ring (bicyclic) bond motifs is 1. The number of aryl methyl sites for hydroxylation is 4. The Morgan fingerprint density at radius 1 is 0.941 bits per heavy atom.